The number of likely N-dealkylation sites (N-methyl/N-ethyl adjacent to an activating group) is 1. The number of rotatable bonds is 17. The van der Waals surface area contributed by atoms with Gasteiger partial charge in [0.05, 0.1) is 39.6 Å². The van der Waals surface area contributed by atoms with Crippen LogP contribution >= 0.6 is 7.75 Å². The van der Waals surface area contributed by atoms with E-state index in [2.05, 4.69) is 14.6 Å². The summed E-state index contributed by atoms with van der Waals surface area (Å²) in [6.07, 6.45) is -0.576. The van der Waals surface area contributed by atoms with E-state index in [1.54, 1.807) is 20.8 Å². The van der Waals surface area contributed by atoms with Crippen LogP contribution in [0.2, 0.25) is 0 Å². The predicted molar refractivity (Wildman–Crippen MR) is 120 cm³/mol. The first-order valence-corrected chi connectivity index (χ1v) is 12.4. The van der Waals surface area contributed by atoms with Crippen molar-refractivity contribution in [1.29, 1.82) is 5.41 Å². The van der Waals surface area contributed by atoms with Crippen molar-refractivity contribution >= 4 is 32.0 Å². The fourth-order valence-electron chi connectivity index (χ4n) is 2.34. The van der Waals surface area contributed by atoms with Crippen LogP contribution in [0.3, 0.4) is 0 Å². The number of guanidine groups is 1. The second-order valence-electron chi connectivity index (χ2n) is 6.65. The Bertz CT molecular complexity index is 660. The molecule has 1 atom stereocenters. The van der Waals surface area contributed by atoms with Crippen molar-refractivity contribution in [2.24, 2.45) is 0 Å². The molecule has 0 aromatic heterocycles. The molecule has 0 aliphatic rings. The fraction of sp³-hybridized carbons (Fsp3) is 0.789. The van der Waals surface area contributed by atoms with Crippen LogP contribution in [0.5, 0.6) is 0 Å². The molecule has 34 heavy (non-hydrogen) atoms. The molecule has 0 fully saturated rings. The zero-order valence-corrected chi connectivity index (χ0v) is 21.0. The van der Waals surface area contributed by atoms with Crippen molar-refractivity contribution in [2.45, 2.75) is 52.5 Å². The van der Waals surface area contributed by atoms with Crippen molar-refractivity contribution in [3.05, 3.63) is 0 Å². The van der Waals surface area contributed by atoms with Crippen LogP contribution in [0.25, 0.3) is 0 Å². The highest BCUT2D eigenvalue weighted by molar-refractivity contribution is 7.52. The second kappa shape index (κ2) is 17.8. The topological polar surface area (TPSA) is 183 Å². The van der Waals surface area contributed by atoms with Crippen molar-refractivity contribution in [3.63, 3.8) is 0 Å². The number of hydrogen-bond donors (Lipinski definition) is 3. The molecular weight excluding hydrogens is 477 g/mol. The Hall–Kier alpha value is -2.57. The van der Waals surface area contributed by atoms with E-state index in [4.69, 9.17) is 23.9 Å². The number of hydrogen-bond acceptors (Lipinski definition) is 11. The smallest absolute Gasteiger partial charge is 0.480 e. The third-order valence-corrected chi connectivity index (χ3v) is 5.50. The highest BCUT2D eigenvalue weighted by atomic mass is 31.2. The molecule has 0 saturated heterocycles. The normalized spacial score (nSPS) is 11.8. The molecule has 0 radical (unpaired) electrons. The van der Waals surface area contributed by atoms with Gasteiger partial charge in [-0.25, -0.2) is 18.9 Å². The Morgan fingerprint density at radius 2 is 1.38 bits per heavy atom. The van der Waals surface area contributed by atoms with Gasteiger partial charge in [0.1, 0.15) is 6.04 Å². The molecule has 14 nitrogen and oxygen atoms in total. The monoisotopic (exact) mass is 513 g/mol. The summed E-state index contributed by atoms with van der Waals surface area (Å²) >= 11 is 0. The Balaban J connectivity index is 4.94. The summed E-state index contributed by atoms with van der Waals surface area (Å²) in [5.74, 6) is -1.62. The standard InChI is InChI=1S/C19H36N3O11P/c1-5-10-15(16(23)24)22(4)17(20)21-34(27,32-13-8-11-30-18(25)28-6-2)33-14-9-12-31-19(26)29-7-3/h15H,5-14H2,1-4H3,(H,23,24)(H2,20,21,27). The molecule has 0 bridgehead atoms. The van der Waals surface area contributed by atoms with Crippen LogP contribution in [0.15, 0.2) is 0 Å². The summed E-state index contributed by atoms with van der Waals surface area (Å²) in [7, 11) is -2.75. The van der Waals surface area contributed by atoms with Crippen LogP contribution in [-0.2, 0) is 37.4 Å². The van der Waals surface area contributed by atoms with E-state index in [0.29, 0.717) is 6.42 Å². The summed E-state index contributed by atoms with van der Waals surface area (Å²) in [5.41, 5.74) is 0. The van der Waals surface area contributed by atoms with Crippen molar-refractivity contribution < 1.29 is 52.1 Å². The van der Waals surface area contributed by atoms with Gasteiger partial charge >= 0.3 is 26.0 Å². The second-order valence-corrected chi connectivity index (χ2v) is 8.38. The van der Waals surface area contributed by atoms with Gasteiger partial charge in [-0.15, -0.1) is 0 Å². The van der Waals surface area contributed by atoms with E-state index in [-0.39, 0.29) is 58.9 Å². The van der Waals surface area contributed by atoms with Crippen LogP contribution in [0.4, 0.5) is 9.59 Å². The van der Waals surface area contributed by atoms with Crippen molar-refractivity contribution in [3.8, 4) is 0 Å². The predicted octanol–water partition coefficient (Wildman–Crippen LogP) is 2.96. The van der Waals surface area contributed by atoms with Gasteiger partial charge in [-0.05, 0) is 20.3 Å². The SMILES string of the molecule is CCCC(C(=O)O)N(C)C(=N)NP(=O)(OCCCOC(=O)OCC)OCCCOC(=O)OCC. The number of nitrogens with one attached hydrogen (secondary N) is 2. The lowest BCUT2D eigenvalue weighted by molar-refractivity contribution is -0.141. The van der Waals surface area contributed by atoms with Crippen LogP contribution in [0.1, 0.15) is 46.5 Å². The van der Waals surface area contributed by atoms with Crippen molar-refractivity contribution in [2.75, 3.05) is 46.7 Å². The first kappa shape index (κ1) is 31.4. The molecule has 1 unspecified atom stereocenters. The molecule has 0 saturated carbocycles. The van der Waals surface area contributed by atoms with Gasteiger partial charge in [0, 0.05) is 19.9 Å². The molecule has 0 amide bonds. The first-order valence-electron chi connectivity index (χ1n) is 10.9. The maximum Gasteiger partial charge on any atom is 0.508 e. The van der Waals surface area contributed by atoms with Crippen molar-refractivity contribution in [1.82, 2.24) is 9.99 Å². The maximum absolute atomic E-state index is 13.1. The minimum absolute atomic E-state index is 0.0683. The maximum atomic E-state index is 13.1. The van der Waals surface area contributed by atoms with Crippen LogP contribution in [0, 0.1) is 5.41 Å². The van der Waals surface area contributed by atoms with E-state index in [9.17, 15) is 24.1 Å². The highest BCUT2D eigenvalue weighted by Crippen LogP contribution is 2.44. The van der Waals surface area contributed by atoms with E-state index in [1.165, 1.54) is 7.05 Å². The summed E-state index contributed by atoms with van der Waals surface area (Å²) in [5, 5.41) is 19.8. The number of carboxylic acid groups (broad SMARTS) is 1. The van der Waals surface area contributed by atoms with Gasteiger partial charge in [-0.1, -0.05) is 13.3 Å². The zero-order chi connectivity index (χ0) is 26.0. The molecule has 0 aromatic carbocycles. The zero-order valence-electron chi connectivity index (χ0n) is 20.1. The molecule has 0 aliphatic heterocycles. The quantitative estimate of drug-likeness (QED) is 0.0849. The Morgan fingerprint density at radius 3 is 1.76 bits per heavy atom. The van der Waals surface area contributed by atoms with Gasteiger partial charge in [0.25, 0.3) is 0 Å². The van der Waals surface area contributed by atoms with E-state index in [0.717, 1.165) is 4.90 Å². The number of carbonyl (C=O) groups excluding carboxylic acids is 2. The van der Waals surface area contributed by atoms with Gasteiger partial charge in [-0.3, -0.25) is 19.5 Å². The van der Waals surface area contributed by atoms with Gasteiger partial charge in [0.2, 0.25) is 5.96 Å². The van der Waals surface area contributed by atoms with Crippen LogP contribution < -0.4 is 5.09 Å². The molecule has 0 aromatic rings. The van der Waals surface area contributed by atoms with Gasteiger partial charge in [-0.2, -0.15) is 0 Å². The lowest BCUT2D eigenvalue weighted by Gasteiger charge is -2.29. The molecule has 0 spiro atoms. The molecule has 0 heterocycles. The molecule has 0 aliphatic carbocycles. The summed E-state index contributed by atoms with van der Waals surface area (Å²) in [4.78, 5) is 35.0. The Kier molecular flexibility index (Phi) is 16.5. The lowest BCUT2D eigenvalue weighted by Crippen LogP contribution is -2.47. The highest BCUT2D eigenvalue weighted by Gasteiger charge is 2.31. The molecule has 15 heteroatoms. The average Bonchev–Trinajstić information content (AvgIpc) is 2.76. The third kappa shape index (κ3) is 13.9. The summed E-state index contributed by atoms with van der Waals surface area (Å²) in [6.45, 7) is 4.90. The van der Waals surface area contributed by atoms with Crippen LogP contribution in [-0.4, -0.2) is 87.0 Å². The molecule has 198 valence electrons. The van der Waals surface area contributed by atoms with E-state index >= 15 is 0 Å². The minimum atomic E-state index is -4.12. The number of carboxylic acids is 1. The largest absolute Gasteiger partial charge is 0.508 e. The first-order chi connectivity index (χ1) is 16.1. The minimum Gasteiger partial charge on any atom is -0.480 e. The summed E-state index contributed by atoms with van der Waals surface area (Å²) < 4.78 is 42.6. The number of nitrogens with zero attached hydrogens (tertiary/aromatic N) is 1. The Morgan fingerprint density at radius 1 is 0.912 bits per heavy atom. The van der Waals surface area contributed by atoms with Gasteiger partial charge in [0.15, 0.2) is 0 Å². The van der Waals surface area contributed by atoms with E-state index < -0.39 is 38.0 Å². The molecular formula is C19H36N3O11P. The van der Waals surface area contributed by atoms with Gasteiger partial charge < -0.3 is 29.0 Å². The number of ether oxygens (including phenoxy) is 4. The molecule has 0 rings (SSSR count). The number of aliphatic carboxylic acids is 1. The third-order valence-electron chi connectivity index (χ3n) is 3.97. The summed E-state index contributed by atoms with van der Waals surface area (Å²) in [6, 6.07) is -1.02. The number of carbonyl (C=O) groups is 3. The average molecular weight is 513 g/mol. The fourth-order valence-corrected chi connectivity index (χ4v) is 3.70. The Labute approximate surface area is 199 Å². The lowest BCUT2D eigenvalue weighted by atomic mass is 10.1. The molecule has 3 N–H and O–H groups in total. The van der Waals surface area contributed by atoms with E-state index in [1.807, 2.05) is 0 Å².